The fourth-order valence-corrected chi connectivity index (χ4v) is 1.74. The minimum absolute atomic E-state index is 0. The van der Waals surface area contributed by atoms with Crippen LogP contribution in [-0.2, 0) is 9.53 Å². The molecule has 0 atom stereocenters. The maximum atomic E-state index is 11.0. The Morgan fingerprint density at radius 2 is 2.07 bits per heavy atom. The van der Waals surface area contributed by atoms with Crippen molar-refractivity contribution in [2.75, 3.05) is 13.2 Å². The molecule has 14 heavy (non-hydrogen) atoms. The first-order valence-corrected chi connectivity index (χ1v) is 5.22. The molecule has 3 nitrogen and oxygen atoms in total. The van der Waals surface area contributed by atoms with Crippen LogP contribution in [-0.4, -0.2) is 25.2 Å². The Kier molecular flexibility index (Phi) is 7.90. The number of carbonyl (C=O) groups excluding carboxylic acids is 1. The van der Waals surface area contributed by atoms with Crippen LogP contribution in [0, 0.1) is 0 Å². The van der Waals surface area contributed by atoms with Gasteiger partial charge in [-0.1, -0.05) is 12.8 Å². The molecule has 0 bridgehead atoms. The first kappa shape index (κ1) is 13.7. The van der Waals surface area contributed by atoms with E-state index in [-0.39, 0.29) is 18.4 Å². The van der Waals surface area contributed by atoms with E-state index in [1.54, 1.807) is 0 Å². The fraction of sp³-hybridized carbons (Fsp3) is 0.900. The highest BCUT2D eigenvalue weighted by Crippen LogP contribution is 2.17. The molecule has 0 spiro atoms. The van der Waals surface area contributed by atoms with E-state index in [0.29, 0.717) is 19.1 Å². The summed E-state index contributed by atoms with van der Waals surface area (Å²) in [5.74, 6) is -0.0898. The van der Waals surface area contributed by atoms with Crippen LogP contribution in [0.15, 0.2) is 0 Å². The molecule has 0 amide bonds. The summed E-state index contributed by atoms with van der Waals surface area (Å²) in [6.07, 6.45) is 5.70. The molecular weight excluding hydrogens is 202 g/mol. The van der Waals surface area contributed by atoms with Gasteiger partial charge in [-0.3, -0.25) is 4.79 Å². The fourth-order valence-electron chi connectivity index (χ4n) is 1.74. The topological polar surface area (TPSA) is 38.3 Å². The normalized spacial score (nSPS) is 16.4. The summed E-state index contributed by atoms with van der Waals surface area (Å²) in [5, 5.41) is 3.37. The second-order valence-corrected chi connectivity index (χ2v) is 3.49. The van der Waals surface area contributed by atoms with Crippen LogP contribution in [0.4, 0.5) is 0 Å². The first-order chi connectivity index (χ1) is 6.33. The van der Waals surface area contributed by atoms with E-state index in [2.05, 4.69) is 5.32 Å². The van der Waals surface area contributed by atoms with E-state index < -0.39 is 0 Å². The van der Waals surface area contributed by atoms with Gasteiger partial charge in [-0.2, -0.15) is 0 Å². The van der Waals surface area contributed by atoms with Gasteiger partial charge in [0, 0.05) is 12.6 Å². The molecule has 1 fully saturated rings. The van der Waals surface area contributed by atoms with Crippen molar-refractivity contribution in [1.29, 1.82) is 0 Å². The SMILES string of the molecule is CCOC(=O)CCNC1CCCC1.Cl. The standard InChI is InChI=1S/C10H19NO2.ClH/c1-2-13-10(12)7-8-11-9-5-3-4-6-9;/h9,11H,2-8H2,1H3;1H. The van der Waals surface area contributed by atoms with Crippen molar-refractivity contribution in [1.82, 2.24) is 5.32 Å². The molecule has 0 aromatic heterocycles. The zero-order valence-corrected chi connectivity index (χ0v) is 9.57. The number of ether oxygens (including phenoxy) is 1. The van der Waals surface area contributed by atoms with E-state index in [0.717, 1.165) is 6.54 Å². The third-order valence-electron chi connectivity index (χ3n) is 2.42. The lowest BCUT2D eigenvalue weighted by molar-refractivity contribution is -0.142. The van der Waals surface area contributed by atoms with Gasteiger partial charge in [0.1, 0.15) is 0 Å². The highest BCUT2D eigenvalue weighted by Gasteiger charge is 2.14. The van der Waals surface area contributed by atoms with Gasteiger partial charge in [-0.25, -0.2) is 0 Å². The summed E-state index contributed by atoms with van der Waals surface area (Å²) in [7, 11) is 0. The quantitative estimate of drug-likeness (QED) is 0.721. The van der Waals surface area contributed by atoms with Crippen LogP contribution in [0.1, 0.15) is 39.0 Å². The van der Waals surface area contributed by atoms with Crippen LogP contribution in [0.5, 0.6) is 0 Å². The molecule has 84 valence electrons. The van der Waals surface area contributed by atoms with Gasteiger partial charge in [0.25, 0.3) is 0 Å². The van der Waals surface area contributed by atoms with Gasteiger partial charge in [0.15, 0.2) is 0 Å². The van der Waals surface area contributed by atoms with Gasteiger partial charge in [0.2, 0.25) is 0 Å². The van der Waals surface area contributed by atoms with Crippen LogP contribution in [0.25, 0.3) is 0 Å². The Labute approximate surface area is 92.0 Å². The Morgan fingerprint density at radius 1 is 1.43 bits per heavy atom. The number of halogens is 1. The molecule has 0 heterocycles. The molecule has 4 heteroatoms. The molecule has 1 saturated carbocycles. The third kappa shape index (κ3) is 5.45. The average molecular weight is 222 g/mol. The number of nitrogens with one attached hydrogen (secondary N) is 1. The predicted octanol–water partition coefficient (Wildman–Crippen LogP) is 1.89. The van der Waals surface area contributed by atoms with Crippen molar-refractivity contribution in [2.45, 2.75) is 45.1 Å². The van der Waals surface area contributed by atoms with E-state index in [1.165, 1.54) is 25.7 Å². The minimum Gasteiger partial charge on any atom is -0.466 e. The molecule has 1 N–H and O–H groups in total. The molecular formula is C10H20ClNO2. The number of hydrogen-bond donors (Lipinski definition) is 1. The molecule has 0 aromatic rings. The van der Waals surface area contributed by atoms with Crippen molar-refractivity contribution in [3.05, 3.63) is 0 Å². The smallest absolute Gasteiger partial charge is 0.307 e. The van der Waals surface area contributed by atoms with Crippen LogP contribution in [0.3, 0.4) is 0 Å². The molecule has 0 radical (unpaired) electrons. The van der Waals surface area contributed by atoms with Crippen LogP contribution < -0.4 is 5.32 Å². The monoisotopic (exact) mass is 221 g/mol. The minimum atomic E-state index is -0.0898. The predicted molar refractivity (Wildman–Crippen MR) is 58.8 cm³/mol. The van der Waals surface area contributed by atoms with Crippen molar-refractivity contribution in [2.24, 2.45) is 0 Å². The van der Waals surface area contributed by atoms with Gasteiger partial charge < -0.3 is 10.1 Å². The van der Waals surface area contributed by atoms with Gasteiger partial charge in [-0.05, 0) is 19.8 Å². The van der Waals surface area contributed by atoms with Crippen molar-refractivity contribution in [3.8, 4) is 0 Å². The lowest BCUT2D eigenvalue weighted by Gasteiger charge is -2.10. The second-order valence-electron chi connectivity index (χ2n) is 3.49. The largest absolute Gasteiger partial charge is 0.466 e. The molecule has 1 aliphatic rings. The van der Waals surface area contributed by atoms with Gasteiger partial charge in [-0.15, -0.1) is 12.4 Å². The Balaban J connectivity index is 0.00000169. The summed E-state index contributed by atoms with van der Waals surface area (Å²) in [4.78, 5) is 11.0. The summed E-state index contributed by atoms with van der Waals surface area (Å²) < 4.78 is 4.83. The number of esters is 1. The van der Waals surface area contributed by atoms with E-state index in [4.69, 9.17) is 4.74 Å². The number of rotatable bonds is 5. The van der Waals surface area contributed by atoms with Crippen molar-refractivity contribution >= 4 is 18.4 Å². The maximum absolute atomic E-state index is 11.0. The molecule has 0 aromatic carbocycles. The summed E-state index contributed by atoms with van der Waals surface area (Å²) >= 11 is 0. The van der Waals surface area contributed by atoms with E-state index in [9.17, 15) is 4.79 Å². The average Bonchev–Trinajstić information content (AvgIpc) is 2.57. The Hall–Kier alpha value is -0.280. The van der Waals surface area contributed by atoms with Gasteiger partial charge >= 0.3 is 5.97 Å². The van der Waals surface area contributed by atoms with Crippen LogP contribution >= 0.6 is 12.4 Å². The zero-order chi connectivity index (χ0) is 9.52. The highest BCUT2D eigenvalue weighted by molar-refractivity contribution is 5.85. The summed E-state index contributed by atoms with van der Waals surface area (Å²) in [5.41, 5.74) is 0. The Bertz CT molecular complexity index is 158. The van der Waals surface area contributed by atoms with E-state index in [1.807, 2.05) is 6.92 Å². The second kappa shape index (κ2) is 8.06. The molecule has 1 rings (SSSR count). The maximum Gasteiger partial charge on any atom is 0.307 e. The number of hydrogen-bond acceptors (Lipinski definition) is 3. The molecule has 0 saturated heterocycles. The molecule has 0 unspecified atom stereocenters. The lowest BCUT2D eigenvalue weighted by atomic mass is 10.2. The molecule has 0 aliphatic heterocycles. The highest BCUT2D eigenvalue weighted by atomic mass is 35.5. The zero-order valence-electron chi connectivity index (χ0n) is 8.75. The number of carbonyl (C=O) groups is 1. The first-order valence-electron chi connectivity index (χ1n) is 5.22. The molecule has 1 aliphatic carbocycles. The van der Waals surface area contributed by atoms with Crippen LogP contribution in [0.2, 0.25) is 0 Å². The van der Waals surface area contributed by atoms with Crippen molar-refractivity contribution in [3.63, 3.8) is 0 Å². The van der Waals surface area contributed by atoms with Crippen molar-refractivity contribution < 1.29 is 9.53 Å². The Morgan fingerprint density at radius 3 is 2.64 bits per heavy atom. The summed E-state index contributed by atoms with van der Waals surface area (Å²) in [6, 6.07) is 0.648. The third-order valence-corrected chi connectivity index (χ3v) is 2.42. The van der Waals surface area contributed by atoms with E-state index >= 15 is 0 Å². The summed E-state index contributed by atoms with van der Waals surface area (Å²) in [6.45, 7) is 3.09. The lowest BCUT2D eigenvalue weighted by Crippen LogP contribution is -2.28. The van der Waals surface area contributed by atoms with Gasteiger partial charge in [0.05, 0.1) is 13.0 Å².